The highest BCUT2D eigenvalue weighted by Gasteiger charge is 2.13. The molecule has 0 aliphatic carbocycles. The van der Waals surface area contributed by atoms with Gasteiger partial charge in [-0.15, -0.1) is 0 Å². The second kappa shape index (κ2) is 7.04. The Balaban J connectivity index is 2.40. The third-order valence-electron chi connectivity index (χ3n) is 2.80. The highest BCUT2D eigenvalue weighted by molar-refractivity contribution is 9.10. The second-order valence-electron chi connectivity index (χ2n) is 4.28. The van der Waals surface area contributed by atoms with Crippen LogP contribution in [0.15, 0.2) is 45.9 Å². The average molecular weight is 365 g/mol. The third-order valence-corrected chi connectivity index (χ3v) is 3.40. The van der Waals surface area contributed by atoms with E-state index in [0.29, 0.717) is 18.0 Å². The molecule has 7 heteroatoms. The fourth-order valence-corrected chi connectivity index (χ4v) is 2.25. The van der Waals surface area contributed by atoms with E-state index < -0.39 is 4.92 Å². The number of aromatic hydroxyl groups is 1. The Morgan fingerprint density at radius 1 is 1.41 bits per heavy atom. The van der Waals surface area contributed by atoms with Crippen molar-refractivity contribution in [3.8, 4) is 11.5 Å². The molecular formula is C15H13BrN2O4. The van der Waals surface area contributed by atoms with Crippen LogP contribution in [0.2, 0.25) is 0 Å². The minimum Gasteiger partial charge on any atom is -0.506 e. The highest BCUT2D eigenvalue weighted by atomic mass is 79.9. The summed E-state index contributed by atoms with van der Waals surface area (Å²) in [6.45, 7) is 2.37. The molecule has 0 spiro atoms. The van der Waals surface area contributed by atoms with E-state index in [2.05, 4.69) is 20.9 Å². The molecular weight excluding hydrogens is 352 g/mol. The van der Waals surface area contributed by atoms with Gasteiger partial charge in [0.05, 0.1) is 16.0 Å². The molecule has 22 heavy (non-hydrogen) atoms. The lowest BCUT2D eigenvalue weighted by atomic mass is 10.2. The van der Waals surface area contributed by atoms with Crippen LogP contribution in [0.3, 0.4) is 0 Å². The van der Waals surface area contributed by atoms with Crippen molar-refractivity contribution in [2.75, 3.05) is 6.61 Å². The maximum atomic E-state index is 10.9. The van der Waals surface area contributed by atoms with Crippen molar-refractivity contribution in [3.63, 3.8) is 0 Å². The van der Waals surface area contributed by atoms with Crippen molar-refractivity contribution in [3.05, 3.63) is 56.5 Å². The molecule has 2 rings (SSSR count). The van der Waals surface area contributed by atoms with Gasteiger partial charge in [0.2, 0.25) is 0 Å². The summed E-state index contributed by atoms with van der Waals surface area (Å²) in [4.78, 5) is 14.6. The zero-order valence-electron chi connectivity index (χ0n) is 11.7. The van der Waals surface area contributed by atoms with E-state index >= 15 is 0 Å². The van der Waals surface area contributed by atoms with Gasteiger partial charge < -0.3 is 9.84 Å². The topological polar surface area (TPSA) is 85.0 Å². The minimum absolute atomic E-state index is 0.108. The van der Waals surface area contributed by atoms with Crippen molar-refractivity contribution < 1.29 is 14.8 Å². The Morgan fingerprint density at radius 2 is 2.14 bits per heavy atom. The predicted octanol–water partition coefficient (Wildman–Crippen LogP) is 4.21. The molecule has 2 aromatic rings. The average Bonchev–Trinajstić information content (AvgIpc) is 2.50. The summed E-state index contributed by atoms with van der Waals surface area (Å²) in [6.07, 6.45) is 1.37. The molecule has 0 amide bonds. The van der Waals surface area contributed by atoms with E-state index in [1.807, 2.05) is 13.0 Å². The molecule has 6 nitrogen and oxygen atoms in total. The molecule has 1 N–H and O–H groups in total. The maximum Gasteiger partial charge on any atom is 0.271 e. The Morgan fingerprint density at radius 3 is 2.82 bits per heavy atom. The molecule has 2 aromatic carbocycles. The first-order valence-corrected chi connectivity index (χ1v) is 7.25. The van der Waals surface area contributed by atoms with Crippen molar-refractivity contribution in [1.29, 1.82) is 0 Å². The largest absolute Gasteiger partial charge is 0.506 e. The summed E-state index contributed by atoms with van der Waals surface area (Å²) in [7, 11) is 0. The van der Waals surface area contributed by atoms with Gasteiger partial charge in [-0.2, -0.15) is 0 Å². The number of nitro groups is 1. The minimum atomic E-state index is -0.532. The number of para-hydroxylation sites is 2. The Kier molecular flexibility index (Phi) is 5.11. The number of ether oxygens (including phenoxy) is 1. The number of nitro benzene ring substituents is 1. The van der Waals surface area contributed by atoms with Crippen LogP contribution in [-0.4, -0.2) is 22.9 Å². The smallest absolute Gasteiger partial charge is 0.271 e. The van der Waals surface area contributed by atoms with Crippen LogP contribution in [-0.2, 0) is 0 Å². The normalized spacial score (nSPS) is 10.8. The van der Waals surface area contributed by atoms with Crippen molar-refractivity contribution in [1.82, 2.24) is 0 Å². The number of hydrogen-bond acceptors (Lipinski definition) is 5. The summed E-state index contributed by atoms with van der Waals surface area (Å²) < 4.78 is 5.68. The molecule has 0 heterocycles. The summed E-state index contributed by atoms with van der Waals surface area (Å²) in [6, 6.07) is 9.65. The lowest BCUT2D eigenvalue weighted by Gasteiger charge is -2.06. The second-order valence-corrected chi connectivity index (χ2v) is 5.14. The molecule has 0 aromatic heterocycles. The molecule has 0 unspecified atom stereocenters. The maximum absolute atomic E-state index is 10.9. The Bertz CT molecular complexity index is 731. The number of aliphatic imine (C=N–C) groups is 1. The number of halogens is 1. The summed E-state index contributed by atoms with van der Waals surface area (Å²) in [5, 5.41) is 20.8. The van der Waals surface area contributed by atoms with Gasteiger partial charge in [0.1, 0.15) is 17.2 Å². The summed E-state index contributed by atoms with van der Waals surface area (Å²) in [5.74, 6) is 0.494. The fraction of sp³-hybridized carbons (Fsp3) is 0.133. The lowest BCUT2D eigenvalue weighted by Crippen LogP contribution is -1.93. The highest BCUT2D eigenvalue weighted by Crippen LogP contribution is 2.33. The van der Waals surface area contributed by atoms with Gasteiger partial charge in [-0.1, -0.05) is 12.1 Å². The zero-order chi connectivity index (χ0) is 16.1. The molecule has 0 aliphatic heterocycles. The van der Waals surface area contributed by atoms with Gasteiger partial charge in [-0.25, -0.2) is 0 Å². The van der Waals surface area contributed by atoms with Gasteiger partial charge in [-0.05, 0) is 35.0 Å². The van der Waals surface area contributed by atoms with Gasteiger partial charge in [0.25, 0.3) is 5.69 Å². The Labute approximate surface area is 135 Å². The van der Waals surface area contributed by atoms with Crippen molar-refractivity contribution >= 4 is 33.5 Å². The van der Waals surface area contributed by atoms with E-state index in [9.17, 15) is 15.2 Å². The van der Waals surface area contributed by atoms with Gasteiger partial charge in [0, 0.05) is 23.9 Å². The van der Waals surface area contributed by atoms with Crippen LogP contribution in [0.5, 0.6) is 11.5 Å². The first kappa shape index (κ1) is 16.0. The van der Waals surface area contributed by atoms with Crippen LogP contribution in [0, 0.1) is 10.1 Å². The zero-order valence-corrected chi connectivity index (χ0v) is 13.3. The monoisotopic (exact) mass is 364 g/mol. The standard InChI is InChI=1S/C15H13BrN2O4/c1-2-22-14-6-4-3-5-13(14)17-9-10-7-11(18(20)21)8-12(16)15(10)19/h3-9,19H,2H2,1H3. The molecule has 114 valence electrons. The molecule has 0 bridgehead atoms. The molecule has 0 fully saturated rings. The third kappa shape index (κ3) is 3.62. The number of non-ortho nitro benzene ring substituents is 1. The van der Waals surface area contributed by atoms with Crippen molar-refractivity contribution in [2.45, 2.75) is 6.92 Å². The predicted molar refractivity (Wildman–Crippen MR) is 87.3 cm³/mol. The first-order valence-electron chi connectivity index (χ1n) is 6.45. The molecule has 0 saturated carbocycles. The van der Waals surface area contributed by atoms with Gasteiger partial charge in [-0.3, -0.25) is 15.1 Å². The van der Waals surface area contributed by atoms with Crippen LogP contribution in [0.25, 0.3) is 0 Å². The number of rotatable bonds is 5. The summed E-state index contributed by atoms with van der Waals surface area (Å²) in [5.41, 5.74) is 0.683. The molecule has 0 saturated heterocycles. The number of phenols is 1. The number of benzene rings is 2. The first-order chi connectivity index (χ1) is 10.5. The van der Waals surface area contributed by atoms with Crippen LogP contribution in [0.1, 0.15) is 12.5 Å². The van der Waals surface area contributed by atoms with Crippen molar-refractivity contribution in [2.24, 2.45) is 4.99 Å². The van der Waals surface area contributed by atoms with E-state index in [-0.39, 0.29) is 21.5 Å². The van der Waals surface area contributed by atoms with E-state index in [0.717, 1.165) is 0 Å². The quantitative estimate of drug-likeness (QED) is 0.489. The van der Waals surface area contributed by atoms with Gasteiger partial charge in [0.15, 0.2) is 0 Å². The number of nitrogens with zero attached hydrogens (tertiary/aromatic N) is 2. The van der Waals surface area contributed by atoms with E-state index in [4.69, 9.17) is 4.74 Å². The number of hydrogen-bond donors (Lipinski definition) is 1. The molecule has 0 atom stereocenters. The fourth-order valence-electron chi connectivity index (χ4n) is 1.79. The Hall–Kier alpha value is -2.41. The number of phenolic OH excluding ortho intramolecular Hbond substituents is 1. The SMILES string of the molecule is CCOc1ccccc1N=Cc1cc([N+](=O)[O-])cc(Br)c1O. The lowest BCUT2D eigenvalue weighted by molar-refractivity contribution is -0.385. The van der Waals surface area contributed by atoms with Gasteiger partial charge >= 0.3 is 0 Å². The van der Waals surface area contributed by atoms with Crippen LogP contribution < -0.4 is 4.74 Å². The van der Waals surface area contributed by atoms with E-state index in [1.54, 1.807) is 18.2 Å². The molecule has 0 aliphatic rings. The van der Waals surface area contributed by atoms with E-state index in [1.165, 1.54) is 18.3 Å². The summed E-state index contributed by atoms with van der Waals surface area (Å²) >= 11 is 3.09. The molecule has 0 radical (unpaired) electrons. The van der Waals surface area contributed by atoms with Crippen LogP contribution >= 0.6 is 15.9 Å². The van der Waals surface area contributed by atoms with Crippen LogP contribution in [0.4, 0.5) is 11.4 Å².